The van der Waals surface area contributed by atoms with Gasteiger partial charge < -0.3 is 0 Å². The zero-order valence-electron chi connectivity index (χ0n) is 6.09. The second-order valence-corrected chi connectivity index (χ2v) is 2.11. The maximum atomic E-state index is 9.99. The molecule has 68 valence electrons. The van der Waals surface area contributed by atoms with Gasteiger partial charge in [0.15, 0.2) is 0 Å². The van der Waals surface area contributed by atoms with Crippen molar-refractivity contribution in [2.75, 3.05) is 0 Å². The number of nitrogens with zero attached hydrogens (tertiary/aromatic N) is 4. The highest BCUT2D eigenvalue weighted by molar-refractivity contribution is 7.85. The van der Waals surface area contributed by atoms with Crippen molar-refractivity contribution < 1.29 is 4.92 Å². The molecule has 0 aromatic carbocycles. The molecule has 0 saturated carbocycles. The minimum Gasteiger partial charge on any atom is -0.258 e. The van der Waals surface area contributed by atoms with E-state index in [4.69, 9.17) is 16.9 Å². The molecule has 0 saturated heterocycles. The molecule has 0 radical (unpaired) electrons. The SMILES string of the molecule is N#CS.O=[N+]([O-])c1cnc(Cl)nc1. The van der Waals surface area contributed by atoms with Crippen LogP contribution < -0.4 is 0 Å². The molecule has 0 spiro atoms. The van der Waals surface area contributed by atoms with E-state index in [1.807, 2.05) is 0 Å². The lowest BCUT2D eigenvalue weighted by Crippen LogP contribution is -1.90. The van der Waals surface area contributed by atoms with E-state index in [0.29, 0.717) is 0 Å². The van der Waals surface area contributed by atoms with Crippen LogP contribution in [0.4, 0.5) is 5.69 Å². The largest absolute Gasteiger partial charge is 0.305 e. The van der Waals surface area contributed by atoms with Gasteiger partial charge in [-0.15, -0.1) is 0 Å². The topological polar surface area (TPSA) is 92.7 Å². The number of nitriles is 1. The number of rotatable bonds is 1. The summed E-state index contributed by atoms with van der Waals surface area (Å²) in [7, 11) is 0. The predicted octanol–water partition coefficient (Wildman–Crippen LogP) is 1.44. The van der Waals surface area contributed by atoms with E-state index < -0.39 is 4.92 Å². The van der Waals surface area contributed by atoms with E-state index >= 15 is 0 Å². The smallest absolute Gasteiger partial charge is 0.258 e. The van der Waals surface area contributed by atoms with Crippen LogP contribution in [0.15, 0.2) is 12.4 Å². The predicted molar refractivity (Wildman–Crippen MR) is 48.3 cm³/mol. The molecule has 13 heavy (non-hydrogen) atoms. The Hall–Kier alpha value is -1.39. The first-order valence-corrected chi connectivity index (χ1v) is 3.59. The number of thiocyanates is 1. The molecule has 1 heterocycles. The summed E-state index contributed by atoms with van der Waals surface area (Å²) in [6.07, 6.45) is 2.10. The maximum absolute atomic E-state index is 9.99. The molecular weight excluding hydrogens is 216 g/mol. The zero-order valence-corrected chi connectivity index (χ0v) is 7.74. The van der Waals surface area contributed by atoms with E-state index in [1.54, 1.807) is 0 Å². The van der Waals surface area contributed by atoms with Gasteiger partial charge in [0.1, 0.15) is 17.8 Å². The van der Waals surface area contributed by atoms with Gasteiger partial charge in [0.2, 0.25) is 5.28 Å². The number of aromatic nitrogens is 2. The van der Waals surface area contributed by atoms with Crippen LogP contribution in [0, 0.1) is 20.8 Å². The van der Waals surface area contributed by atoms with E-state index in [-0.39, 0.29) is 11.0 Å². The van der Waals surface area contributed by atoms with Crippen LogP contribution in [-0.4, -0.2) is 14.9 Å². The van der Waals surface area contributed by atoms with Crippen LogP contribution in [0.1, 0.15) is 0 Å². The summed E-state index contributed by atoms with van der Waals surface area (Å²) in [6.45, 7) is 0. The fourth-order valence-electron chi connectivity index (χ4n) is 0.400. The lowest BCUT2D eigenvalue weighted by Gasteiger charge is -1.87. The molecule has 0 aliphatic heterocycles. The van der Waals surface area contributed by atoms with Gasteiger partial charge in [-0.2, -0.15) is 5.26 Å². The van der Waals surface area contributed by atoms with Crippen LogP contribution in [-0.2, 0) is 0 Å². The monoisotopic (exact) mass is 218 g/mol. The molecule has 0 atom stereocenters. The Kier molecular flexibility index (Phi) is 5.50. The highest BCUT2D eigenvalue weighted by atomic mass is 35.5. The van der Waals surface area contributed by atoms with Crippen molar-refractivity contribution in [3.63, 3.8) is 0 Å². The van der Waals surface area contributed by atoms with Gasteiger partial charge in [0.25, 0.3) is 0 Å². The summed E-state index contributed by atoms with van der Waals surface area (Å²) in [5.41, 5.74) is -0.163. The van der Waals surface area contributed by atoms with Crippen molar-refractivity contribution in [2.24, 2.45) is 0 Å². The van der Waals surface area contributed by atoms with Gasteiger partial charge in [-0.3, -0.25) is 10.1 Å². The van der Waals surface area contributed by atoms with E-state index in [2.05, 4.69) is 22.6 Å². The number of thiol groups is 1. The van der Waals surface area contributed by atoms with Crippen molar-refractivity contribution in [3.05, 3.63) is 27.8 Å². The number of hydrogen-bond acceptors (Lipinski definition) is 6. The summed E-state index contributed by atoms with van der Waals surface area (Å²) in [5, 5.41) is 18.6. The van der Waals surface area contributed by atoms with Gasteiger partial charge in [-0.1, -0.05) is 12.6 Å². The molecule has 1 aromatic heterocycles. The van der Waals surface area contributed by atoms with Gasteiger partial charge >= 0.3 is 5.69 Å². The Morgan fingerprint density at radius 2 is 2.00 bits per heavy atom. The molecule has 8 heteroatoms. The quantitative estimate of drug-likeness (QED) is 0.253. The van der Waals surface area contributed by atoms with Crippen molar-refractivity contribution in [1.29, 1.82) is 5.26 Å². The first-order chi connectivity index (χ1) is 6.11. The minimum absolute atomic E-state index is 0.00519. The Bertz CT molecular complexity index is 322. The first-order valence-electron chi connectivity index (χ1n) is 2.77. The molecular formula is C5H3ClN4O2S. The van der Waals surface area contributed by atoms with Crippen LogP contribution >= 0.6 is 24.2 Å². The molecule has 1 rings (SSSR count). The number of nitro groups is 1. The molecule has 0 aliphatic rings. The van der Waals surface area contributed by atoms with Crippen LogP contribution in [0.5, 0.6) is 0 Å². The van der Waals surface area contributed by atoms with Gasteiger partial charge in [0.05, 0.1) is 4.92 Å². The van der Waals surface area contributed by atoms with Crippen molar-refractivity contribution in [3.8, 4) is 5.40 Å². The molecule has 0 N–H and O–H groups in total. The maximum Gasteiger partial charge on any atom is 0.305 e. The first kappa shape index (κ1) is 11.6. The Morgan fingerprint density at radius 3 is 2.31 bits per heavy atom. The summed E-state index contributed by atoms with van der Waals surface area (Å²) in [4.78, 5) is 16.2. The third kappa shape index (κ3) is 4.95. The molecule has 0 unspecified atom stereocenters. The van der Waals surface area contributed by atoms with Crippen LogP contribution in [0.3, 0.4) is 0 Å². The normalized spacial score (nSPS) is 7.77. The molecule has 1 aromatic rings. The number of halogens is 1. The second kappa shape index (κ2) is 6.16. The average Bonchev–Trinajstić information content (AvgIpc) is 2.06. The molecule has 6 nitrogen and oxygen atoms in total. The number of hydrogen-bond donors (Lipinski definition) is 1. The van der Waals surface area contributed by atoms with Crippen molar-refractivity contribution in [1.82, 2.24) is 9.97 Å². The highest BCUT2D eigenvalue weighted by Crippen LogP contribution is 2.07. The van der Waals surface area contributed by atoms with Gasteiger partial charge in [-0.05, 0) is 11.6 Å². The molecule has 0 amide bonds. The van der Waals surface area contributed by atoms with Crippen LogP contribution in [0.25, 0.3) is 0 Å². The summed E-state index contributed by atoms with van der Waals surface area (Å²) in [5.74, 6) is 0. The second-order valence-electron chi connectivity index (χ2n) is 1.57. The Balaban J connectivity index is 0.000000424. The van der Waals surface area contributed by atoms with Crippen LogP contribution in [0.2, 0.25) is 5.28 Å². The average molecular weight is 219 g/mol. The zero-order chi connectivity index (χ0) is 10.3. The fourth-order valence-corrected chi connectivity index (χ4v) is 0.497. The lowest BCUT2D eigenvalue weighted by atomic mass is 10.6. The highest BCUT2D eigenvalue weighted by Gasteiger charge is 2.04. The van der Waals surface area contributed by atoms with Crippen molar-refractivity contribution in [2.45, 2.75) is 0 Å². The van der Waals surface area contributed by atoms with Crippen molar-refractivity contribution >= 4 is 29.9 Å². The molecule has 0 fully saturated rings. The van der Waals surface area contributed by atoms with Gasteiger partial charge in [-0.25, -0.2) is 9.97 Å². The minimum atomic E-state index is -0.587. The van der Waals surface area contributed by atoms with Gasteiger partial charge in [0, 0.05) is 0 Å². The summed E-state index contributed by atoms with van der Waals surface area (Å²) >= 11 is 8.37. The Labute approximate surface area is 83.7 Å². The lowest BCUT2D eigenvalue weighted by molar-refractivity contribution is -0.385. The third-order valence-electron chi connectivity index (χ3n) is 0.818. The van der Waals surface area contributed by atoms with E-state index in [0.717, 1.165) is 12.4 Å². The Morgan fingerprint density at radius 1 is 1.62 bits per heavy atom. The standard InChI is InChI=1S/C4H2ClN3O2.CHNS/c5-4-6-1-3(2-7-4)8(9)10;2-1-3/h1-2H;3H. The summed E-state index contributed by atoms with van der Waals surface area (Å²) in [6, 6.07) is 0. The fraction of sp³-hybridized carbons (Fsp3) is 0. The third-order valence-corrected chi connectivity index (χ3v) is 1.01. The molecule has 0 bridgehead atoms. The van der Waals surface area contributed by atoms with E-state index in [1.165, 1.54) is 5.40 Å². The summed E-state index contributed by atoms with van der Waals surface area (Å²) < 4.78 is 0. The van der Waals surface area contributed by atoms with E-state index in [9.17, 15) is 10.1 Å². The molecule has 0 aliphatic carbocycles.